The Bertz CT molecular complexity index is 482. The Morgan fingerprint density at radius 2 is 1.96 bits per heavy atom. The van der Waals surface area contributed by atoms with Crippen LogP contribution in [0.1, 0.15) is 49.8 Å². The predicted octanol–water partition coefficient (Wildman–Crippen LogP) is 3.22. The summed E-state index contributed by atoms with van der Waals surface area (Å²) in [7, 11) is 0. The molecule has 1 saturated heterocycles. The zero-order valence-corrected chi connectivity index (χ0v) is 16.3. The van der Waals surface area contributed by atoms with Crippen molar-refractivity contribution < 1.29 is 4.79 Å². The fourth-order valence-corrected chi connectivity index (χ4v) is 3.17. The number of rotatable bonds is 6. The monoisotopic (exact) mass is 375 g/mol. The van der Waals surface area contributed by atoms with Crippen LogP contribution >= 0.6 is 24.8 Å². The maximum atomic E-state index is 12.2. The number of benzene rings is 1. The van der Waals surface area contributed by atoms with E-state index in [0.29, 0.717) is 12.6 Å². The standard InChI is InChI=1S/C18H29N3O.2ClH/c1-3-16-6-4-5-12-21(16)13-11-20-18(22)17(19)15-9-7-14(2)8-10-15;;/h7-10,16-17H,3-6,11-13,19H2,1-2H3,(H,20,22);2*1H. The van der Waals surface area contributed by atoms with E-state index in [-0.39, 0.29) is 30.7 Å². The molecule has 1 heterocycles. The first-order valence-electron chi connectivity index (χ1n) is 8.45. The van der Waals surface area contributed by atoms with Gasteiger partial charge >= 0.3 is 0 Å². The number of hydrogen-bond donors (Lipinski definition) is 2. The molecule has 2 atom stereocenters. The molecule has 24 heavy (non-hydrogen) atoms. The van der Waals surface area contributed by atoms with E-state index in [0.717, 1.165) is 18.7 Å². The van der Waals surface area contributed by atoms with Crippen LogP contribution in [0.25, 0.3) is 0 Å². The number of nitrogens with one attached hydrogen (secondary N) is 1. The average molecular weight is 376 g/mol. The van der Waals surface area contributed by atoms with Gasteiger partial charge in [0, 0.05) is 19.1 Å². The molecule has 2 rings (SSSR count). The molecule has 138 valence electrons. The molecule has 0 spiro atoms. The first-order valence-corrected chi connectivity index (χ1v) is 8.45. The minimum Gasteiger partial charge on any atom is -0.353 e. The van der Waals surface area contributed by atoms with Gasteiger partial charge in [0.2, 0.25) is 5.91 Å². The van der Waals surface area contributed by atoms with E-state index in [2.05, 4.69) is 17.1 Å². The second-order valence-corrected chi connectivity index (χ2v) is 6.27. The van der Waals surface area contributed by atoms with E-state index in [4.69, 9.17) is 5.73 Å². The van der Waals surface area contributed by atoms with Crippen LogP contribution in [0.15, 0.2) is 24.3 Å². The van der Waals surface area contributed by atoms with Gasteiger partial charge in [0.05, 0.1) is 0 Å². The van der Waals surface area contributed by atoms with Crippen molar-refractivity contribution in [3.63, 3.8) is 0 Å². The molecule has 0 saturated carbocycles. The molecule has 1 aromatic rings. The Hall–Kier alpha value is -0.810. The van der Waals surface area contributed by atoms with Crippen LogP contribution in [0, 0.1) is 6.92 Å². The summed E-state index contributed by atoms with van der Waals surface area (Å²) in [5.74, 6) is -0.0890. The molecule has 1 aromatic carbocycles. The molecule has 4 nitrogen and oxygen atoms in total. The summed E-state index contributed by atoms with van der Waals surface area (Å²) in [6.07, 6.45) is 5.08. The maximum Gasteiger partial charge on any atom is 0.241 e. The fraction of sp³-hybridized carbons (Fsp3) is 0.611. The van der Waals surface area contributed by atoms with Crippen molar-refractivity contribution >= 4 is 30.7 Å². The van der Waals surface area contributed by atoms with E-state index in [1.165, 1.54) is 31.2 Å². The number of nitrogens with zero attached hydrogens (tertiary/aromatic N) is 1. The van der Waals surface area contributed by atoms with Gasteiger partial charge in [-0.25, -0.2) is 0 Å². The molecule has 1 aliphatic rings. The Morgan fingerprint density at radius 3 is 2.58 bits per heavy atom. The highest BCUT2D eigenvalue weighted by Gasteiger charge is 2.21. The quantitative estimate of drug-likeness (QED) is 0.802. The largest absolute Gasteiger partial charge is 0.353 e. The molecule has 1 amide bonds. The maximum absolute atomic E-state index is 12.2. The molecule has 3 N–H and O–H groups in total. The van der Waals surface area contributed by atoms with Crippen LogP contribution in [0.2, 0.25) is 0 Å². The van der Waals surface area contributed by atoms with Crippen LogP contribution in [-0.2, 0) is 4.79 Å². The SMILES string of the molecule is CCC1CCCCN1CCNC(=O)C(N)c1ccc(C)cc1.Cl.Cl. The highest BCUT2D eigenvalue weighted by molar-refractivity contribution is 5.85. The van der Waals surface area contributed by atoms with Crippen LogP contribution in [0.4, 0.5) is 0 Å². The third-order valence-electron chi connectivity index (χ3n) is 4.64. The lowest BCUT2D eigenvalue weighted by Crippen LogP contribution is -2.44. The van der Waals surface area contributed by atoms with Gasteiger partial charge < -0.3 is 11.1 Å². The number of hydrogen-bond acceptors (Lipinski definition) is 3. The highest BCUT2D eigenvalue weighted by atomic mass is 35.5. The van der Waals surface area contributed by atoms with Crippen molar-refractivity contribution in [1.29, 1.82) is 0 Å². The second-order valence-electron chi connectivity index (χ2n) is 6.27. The topological polar surface area (TPSA) is 58.4 Å². The van der Waals surface area contributed by atoms with Gasteiger partial charge in [0.1, 0.15) is 6.04 Å². The third kappa shape index (κ3) is 6.60. The van der Waals surface area contributed by atoms with E-state index in [1.54, 1.807) is 0 Å². The third-order valence-corrected chi connectivity index (χ3v) is 4.64. The molecular weight excluding hydrogens is 345 g/mol. The Balaban J connectivity index is 0.00000264. The summed E-state index contributed by atoms with van der Waals surface area (Å²) in [4.78, 5) is 14.7. The van der Waals surface area contributed by atoms with Crippen molar-refractivity contribution in [3.8, 4) is 0 Å². The van der Waals surface area contributed by atoms with Crippen molar-refractivity contribution in [2.24, 2.45) is 5.73 Å². The highest BCUT2D eigenvalue weighted by Crippen LogP contribution is 2.18. The normalized spacial score (nSPS) is 18.9. The van der Waals surface area contributed by atoms with Crippen LogP contribution in [0.5, 0.6) is 0 Å². The molecule has 0 aromatic heterocycles. The number of nitrogens with two attached hydrogens (primary N) is 1. The number of carbonyl (C=O) groups excluding carboxylic acids is 1. The van der Waals surface area contributed by atoms with Gasteiger partial charge in [-0.05, 0) is 38.3 Å². The van der Waals surface area contributed by atoms with Gasteiger partial charge in [-0.15, -0.1) is 24.8 Å². The van der Waals surface area contributed by atoms with E-state index in [1.807, 2.05) is 31.2 Å². The minimum atomic E-state index is -0.580. The van der Waals surface area contributed by atoms with Gasteiger partial charge in [0.25, 0.3) is 0 Å². The molecular formula is C18H31Cl2N3O. The van der Waals surface area contributed by atoms with Gasteiger partial charge in [0.15, 0.2) is 0 Å². The zero-order valence-electron chi connectivity index (χ0n) is 14.7. The van der Waals surface area contributed by atoms with E-state index >= 15 is 0 Å². The molecule has 0 radical (unpaired) electrons. The number of halogens is 2. The summed E-state index contributed by atoms with van der Waals surface area (Å²) in [5.41, 5.74) is 8.08. The Morgan fingerprint density at radius 1 is 1.29 bits per heavy atom. The van der Waals surface area contributed by atoms with Crippen molar-refractivity contribution in [2.45, 2.75) is 51.6 Å². The zero-order chi connectivity index (χ0) is 15.9. The number of piperidine rings is 1. The smallest absolute Gasteiger partial charge is 0.241 e. The Kier molecular flexibility index (Phi) is 11.3. The molecule has 2 unspecified atom stereocenters. The molecule has 0 aliphatic carbocycles. The summed E-state index contributed by atoms with van der Waals surface area (Å²) in [6, 6.07) is 7.93. The number of amides is 1. The second kappa shape index (κ2) is 11.7. The van der Waals surface area contributed by atoms with Crippen molar-refractivity contribution in [3.05, 3.63) is 35.4 Å². The summed E-state index contributed by atoms with van der Waals surface area (Å²) in [5, 5.41) is 2.98. The predicted molar refractivity (Wildman–Crippen MR) is 105 cm³/mol. The number of carbonyl (C=O) groups is 1. The minimum absolute atomic E-state index is 0. The summed E-state index contributed by atoms with van der Waals surface area (Å²) < 4.78 is 0. The summed E-state index contributed by atoms with van der Waals surface area (Å²) >= 11 is 0. The number of aryl methyl sites for hydroxylation is 1. The van der Waals surface area contributed by atoms with Crippen LogP contribution < -0.4 is 11.1 Å². The number of likely N-dealkylation sites (tertiary alicyclic amines) is 1. The van der Waals surface area contributed by atoms with Crippen LogP contribution in [-0.4, -0.2) is 36.5 Å². The lowest BCUT2D eigenvalue weighted by molar-refractivity contribution is -0.122. The van der Waals surface area contributed by atoms with E-state index < -0.39 is 6.04 Å². The lowest BCUT2D eigenvalue weighted by Gasteiger charge is -2.35. The first kappa shape index (κ1) is 23.2. The van der Waals surface area contributed by atoms with Crippen molar-refractivity contribution in [2.75, 3.05) is 19.6 Å². The molecule has 1 aliphatic heterocycles. The van der Waals surface area contributed by atoms with Gasteiger partial charge in [-0.3, -0.25) is 9.69 Å². The molecule has 6 heteroatoms. The average Bonchev–Trinajstić information content (AvgIpc) is 2.55. The Labute approximate surface area is 158 Å². The first-order chi connectivity index (χ1) is 10.6. The van der Waals surface area contributed by atoms with Crippen LogP contribution in [0.3, 0.4) is 0 Å². The van der Waals surface area contributed by atoms with Gasteiger partial charge in [-0.2, -0.15) is 0 Å². The fourth-order valence-electron chi connectivity index (χ4n) is 3.17. The van der Waals surface area contributed by atoms with E-state index in [9.17, 15) is 4.79 Å². The van der Waals surface area contributed by atoms with Gasteiger partial charge in [-0.1, -0.05) is 43.2 Å². The summed E-state index contributed by atoms with van der Waals surface area (Å²) in [6.45, 7) is 7.02. The molecule has 1 fully saturated rings. The molecule has 0 bridgehead atoms. The lowest BCUT2D eigenvalue weighted by atomic mass is 10.0. The van der Waals surface area contributed by atoms with Crippen molar-refractivity contribution in [1.82, 2.24) is 10.2 Å².